The van der Waals surface area contributed by atoms with Gasteiger partial charge in [-0.05, 0) is 40.5 Å². The van der Waals surface area contributed by atoms with Gasteiger partial charge in [-0.2, -0.15) is 0 Å². The summed E-state index contributed by atoms with van der Waals surface area (Å²) < 4.78 is 13.5. The van der Waals surface area contributed by atoms with E-state index in [-0.39, 0.29) is 18.5 Å². The van der Waals surface area contributed by atoms with E-state index >= 15 is 0 Å². The third-order valence-electron chi connectivity index (χ3n) is 2.19. The van der Waals surface area contributed by atoms with Crippen molar-refractivity contribution < 1.29 is 19.1 Å². The molecule has 1 aromatic rings. The molecule has 18 heavy (non-hydrogen) atoms. The summed E-state index contributed by atoms with van der Waals surface area (Å²) in [5, 5.41) is 10.9. The number of carbonyl (C=O) groups is 2. The lowest BCUT2D eigenvalue weighted by atomic mass is 10.1. The SMILES string of the molecule is NC(CCC(=O)O)C(=O)Nc1cc(F)ccc1Br. The summed E-state index contributed by atoms with van der Waals surface area (Å²) in [5.74, 6) is -2.07. The average Bonchev–Trinajstić information content (AvgIpc) is 2.30. The van der Waals surface area contributed by atoms with Crippen molar-refractivity contribution in [1.29, 1.82) is 0 Å². The summed E-state index contributed by atoms with van der Waals surface area (Å²) in [6.45, 7) is 0. The molecular formula is C11H12BrFN2O3. The molecule has 0 radical (unpaired) electrons. The molecule has 0 spiro atoms. The highest BCUT2D eigenvalue weighted by Gasteiger charge is 2.16. The third kappa shape index (κ3) is 4.42. The Morgan fingerprint density at radius 2 is 2.17 bits per heavy atom. The maximum atomic E-state index is 13.0. The predicted octanol–water partition coefficient (Wildman–Crippen LogP) is 1.72. The molecule has 0 bridgehead atoms. The van der Waals surface area contributed by atoms with Gasteiger partial charge in [0.15, 0.2) is 0 Å². The van der Waals surface area contributed by atoms with Crippen molar-refractivity contribution in [2.24, 2.45) is 5.73 Å². The maximum absolute atomic E-state index is 13.0. The molecule has 98 valence electrons. The molecular weight excluding hydrogens is 307 g/mol. The topological polar surface area (TPSA) is 92.4 Å². The molecule has 0 saturated carbocycles. The number of hydrogen-bond donors (Lipinski definition) is 3. The molecule has 1 amide bonds. The van der Waals surface area contributed by atoms with Crippen molar-refractivity contribution in [2.45, 2.75) is 18.9 Å². The van der Waals surface area contributed by atoms with Gasteiger partial charge in [-0.3, -0.25) is 9.59 Å². The van der Waals surface area contributed by atoms with Gasteiger partial charge in [-0.1, -0.05) is 0 Å². The van der Waals surface area contributed by atoms with E-state index in [0.717, 1.165) is 6.07 Å². The van der Waals surface area contributed by atoms with Crippen molar-refractivity contribution in [3.63, 3.8) is 0 Å². The standard InChI is InChI=1S/C11H12BrFN2O3/c12-7-2-1-6(13)5-9(7)15-11(18)8(14)3-4-10(16)17/h1-2,5,8H,3-4,14H2,(H,15,18)(H,16,17). The summed E-state index contributed by atoms with van der Waals surface area (Å²) in [5.41, 5.74) is 5.77. The first-order chi connectivity index (χ1) is 8.40. The van der Waals surface area contributed by atoms with Crippen LogP contribution in [-0.4, -0.2) is 23.0 Å². The molecule has 0 fully saturated rings. The number of benzene rings is 1. The first-order valence-electron chi connectivity index (χ1n) is 5.13. The van der Waals surface area contributed by atoms with Crippen molar-refractivity contribution >= 4 is 33.5 Å². The predicted molar refractivity (Wildman–Crippen MR) is 67.6 cm³/mol. The van der Waals surface area contributed by atoms with Crippen LogP contribution in [0.5, 0.6) is 0 Å². The molecule has 0 aliphatic heterocycles. The molecule has 1 unspecified atom stereocenters. The molecule has 0 aliphatic carbocycles. The van der Waals surface area contributed by atoms with E-state index in [1.807, 2.05) is 0 Å². The van der Waals surface area contributed by atoms with E-state index in [0.29, 0.717) is 4.47 Å². The van der Waals surface area contributed by atoms with E-state index in [2.05, 4.69) is 21.2 Å². The summed E-state index contributed by atoms with van der Waals surface area (Å²) in [6, 6.07) is 2.89. The number of carboxylic acid groups (broad SMARTS) is 1. The van der Waals surface area contributed by atoms with Crippen molar-refractivity contribution in [2.75, 3.05) is 5.32 Å². The number of hydrogen-bond acceptors (Lipinski definition) is 3. The van der Waals surface area contributed by atoms with Gasteiger partial charge in [0.1, 0.15) is 5.82 Å². The van der Waals surface area contributed by atoms with Gasteiger partial charge < -0.3 is 16.2 Å². The second-order valence-electron chi connectivity index (χ2n) is 3.65. The zero-order chi connectivity index (χ0) is 13.7. The molecule has 0 heterocycles. The highest BCUT2D eigenvalue weighted by Crippen LogP contribution is 2.23. The second-order valence-corrected chi connectivity index (χ2v) is 4.51. The number of anilines is 1. The number of amides is 1. The fraction of sp³-hybridized carbons (Fsp3) is 0.273. The van der Waals surface area contributed by atoms with Gasteiger partial charge in [0.2, 0.25) is 5.91 Å². The van der Waals surface area contributed by atoms with Gasteiger partial charge >= 0.3 is 5.97 Å². The number of carbonyl (C=O) groups excluding carboxylic acids is 1. The van der Waals surface area contributed by atoms with E-state index in [9.17, 15) is 14.0 Å². The zero-order valence-electron chi connectivity index (χ0n) is 9.32. The van der Waals surface area contributed by atoms with Gasteiger partial charge in [0.05, 0.1) is 11.7 Å². The maximum Gasteiger partial charge on any atom is 0.303 e. The van der Waals surface area contributed by atoms with Crippen molar-refractivity contribution in [3.8, 4) is 0 Å². The molecule has 5 nitrogen and oxygen atoms in total. The normalized spacial score (nSPS) is 11.9. The van der Waals surface area contributed by atoms with E-state index < -0.39 is 23.7 Å². The van der Waals surface area contributed by atoms with Gasteiger partial charge in [0.25, 0.3) is 0 Å². The lowest BCUT2D eigenvalue weighted by Gasteiger charge is -2.12. The van der Waals surface area contributed by atoms with Gasteiger partial charge in [-0.25, -0.2) is 4.39 Å². The Labute approximate surface area is 111 Å². The van der Waals surface area contributed by atoms with Crippen LogP contribution in [0.1, 0.15) is 12.8 Å². The van der Waals surface area contributed by atoms with E-state index in [4.69, 9.17) is 10.8 Å². The fourth-order valence-corrected chi connectivity index (χ4v) is 1.57. The fourth-order valence-electron chi connectivity index (χ4n) is 1.23. The van der Waals surface area contributed by atoms with E-state index in [1.165, 1.54) is 12.1 Å². The Kier molecular flexibility index (Phi) is 5.24. The summed E-state index contributed by atoms with van der Waals surface area (Å²) >= 11 is 3.15. The first-order valence-corrected chi connectivity index (χ1v) is 5.92. The smallest absolute Gasteiger partial charge is 0.303 e. The zero-order valence-corrected chi connectivity index (χ0v) is 10.9. The molecule has 0 saturated heterocycles. The van der Waals surface area contributed by atoms with Crippen molar-refractivity contribution in [3.05, 3.63) is 28.5 Å². The van der Waals surface area contributed by atoms with Crippen LogP contribution in [0, 0.1) is 5.82 Å². The molecule has 4 N–H and O–H groups in total. The van der Waals surface area contributed by atoms with Crippen LogP contribution in [0.2, 0.25) is 0 Å². The molecule has 0 aromatic heterocycles. The Bertz CT molecular complexity index is 468. The largest absolute Gasteiger partial charge is 0.481 e. The molecule has 1 rings (SSSR count). The van der Waals surface area contributed by atoms with Gasteiger partial charge in [-0.15, -0.1) is 0 Å². The first kappa shape index (κ1) is 14.6. The Morgan fingerprint density at radius 1 is 1.50 bits per heavy atom. The minimum absolute atomic E-state index is 0.0219. The quantitative estimate of drug-likeness (QED) is 0.770. The third-order valence-corrected chi connectivity index (χ3v) is 2.88. The molecule has 7 heteroatoms. The van der Waals surface area contributed by atoms with Crippen LogP contribution < -0.4 is 11.1 Å². The Hall–Kier alpha value is -1.47. The van der Waals surface area contributed by atoms with Crippen LogP contribution in [0.3, 0.4) is 0 Å². The van der Waals surface area contributed by atoms with Crippen LogP contribution in [0.15, 0.2) is 22.7 Å². The Balaban J connectivity index is 2.63. The van der Waals surface area contributed by atoms with E-state index in [1.54, 1.807) is 0 Å². The van der Waals surface area contributed by atoms with Crippen molar-refractivity contribution in [1.82, 2.24) is 0 Å². The summed E-state index contributed by atoms with van der Waals surface area (Å²) in [4.78, 5) is 22.0. The summed E-state index contributed by atoms with van der Waals surface area (Å²) in [7, 11) is 0. The number of halogens is 2. The van der Waals surface area contributed by atoms with Crippen LogP contribution in [0.25, 0.3) is 0 Å². The highest BCUT2D eigenvalue weighted by molar-refractivity contribution is 9.10. The number of carboxylic acids is 1. The number of nitrogens with one attached hydrogen (secondary N) is 1. The number of rotatable bonds is 5. The summed E-state index contributed by atoms with van der Waals surface area (Å²) in [6.07, 6.45) is -0.174. The molecule has 1 atom stereocenters. The average molecular weight is 319 g/mol. The minimum atomic E-state index is -1.02. The van der Waals surface area contributed by atoms with Crippen LogP contribution >= 0.6 is 15.9 Å². The second kappa shape index (κ2) is 6.46. The minimum Gasteiger partial charge on any atom is -0.481 e. The molecule has 1 aromatic carbocycles. The highest BCUT2D eigenvalue weighted by atomic mass is 79.9. The monoisotopic (exact) mass is 318 g/mol. The van der Waals surface area contributed by atoms with Crippen LogP contribution in [0.4, 0.5) is 10.1 Å². The van der Waals surface area contributed by atoms with Crippen LogP contribution in [-0.2, 0) is 9.59 Å². The number of nitrogens with two attached hydrogens (primary N) is 1. The Morgan fingerprint density at radius 3 is 2.78 bits per heavy atom. The lowest BCUT2D eigenvalue weighted by Crippen LogP contribution is -2.36. The van der Waals surface area contributed by atoms with Gasteiger partial charge in [0, 0.05) is 10.9 Å². The molecule has 0 aliphatic rings. The number of aliphatic carboxylic acids is 1. The lowest BCUT2D eigenvalue weighted by molar-refractivity contribution is -0.137.